The summed E-state index contributed by atoms with van der Waals surface area (Å²) in [4.78, 5) is 26.0. The van der Waals surface area contributed by atoms with E-state index in [0.29, 0.717) is 18.7 Å². The zero-order valence-electron chi connectivity index (χ0n) is 14.5. The SMILES string of the molecule is Cc1ccc(N2C[C@@H](NC(=O)COc3ccccc3C)CC2=O)cc1. The van der Waals surface area contributed by atoms with Crippen molar-refractivity contribution in [1.29, 1.82) is 0 Å². The second-order valence-electron chi connectivity index (χ2n) is 6.36. The predicted octanol–water partition coefficient (Wildman–Crippen LogP) is 2.60. The summed E-state index contributed by atoms with van der Waals surface area (Å²) < 4.78 is 5.55. The van der Waals surface area contributed by atoms with Crippen molar-refractivity contribution < 1.29 is 14.3 Å². The highest BCUT2D eigenvalue weighted by Gasteiger charge is 2.31. The molecule has 1 aliphatic heterocycles. The zero-order valence-corrected chi connectivity index (χ0v) is 14.5. The predicted molar refractivity (Wildman–Crippen MR) is 96.8 cm³/mol. The molecule has 2 aromatic rings. The highest BCUT2D eigenvalue weighted by Crippen LogP contribution is 2.22. The van der Waals surface area contributed by atoms with Gasteiger partial charge in [0.25, 0.3) is 5.91 Å². The molecule has 3 rings (SSSR count). The van der Waals surface area contributed by atoms with Crippen LogP contribution in [-0.2, 0) is 9.59 Å². The number of para-hydroxylation sites is 1. The summed E-state index contributed by atoms with van der Waals surface area (Å²) in [7, 11) is 0. The van der Waals surface area contributed by atoms with Gasteiger partial charge in [-0.2, -0.15) is 0 Å². The molecule has 1 heterocycles. The minimum absolute atomic E-state index is 0.0222. The summed E-state index contributed by atoms with van der Waals surface area (Å²) in [6.07, 6.45) is 0.310. The molecule has 0 unspecified atom stereocenters. The van der Waals surface area contributed by atoms with Crippen LogP contribution in [0.2, 0.25) is 0 Å². The maximum Gasteiger partial charge on any atom is 0.258 e. The van der Waals surface area contributed by atoms with Crippen molar-refractivity contribution in [2.24, 2.45) is 0 Å². The molecule has 1 atom stereocenters. The van der Waals surface area contributed by atoms with Gasteiger partial charge in [0.1, 0.15) is 5.75 Å². The molecule has 25 heavy (non-hydrogen) atoms. The monoisotopic (exact) mass is 338 g/mol. The van der Waals surface area contributed by atoms with Crippen LogP contribution in [0.4, 0.5) is 5.69 Å². The third-order valence-corrected chi connectivity index (χ3v) is 4.29. The van der Waals surface area contributed by atoms with Crippen LogP contribution in [0.3, 0.4) is 0 Å². The van der Waals surface area contributed by atoms with E-state index in [0.717, 1.165) is 16.8 Å². The second-order valence-corrected chi connectivity index (χ2v) is 6.36. The van der Waals surface area contributed by atoms with Crippen molar-refractivity contribution in [3.63, 3.8) is 0 Å². The van der Waals surface area contributed by atoms with Crippen molar-refractivity contribution in [3.8, 4) is 5.75 Å². The highest BCUT2D eigenvalue weighted by atomic mass is 16.5. The quantitative estimate of drug-likeness (QED) is 0.912. The number of hydrogen-bond donors (Lipinski definition) is 1. The molecule has 0 saturated carbocycles. The van der Waals surface area contributed by atoms with Gasteiger partial charge in [0.05, 0.1) is 6.04 Å². The fourth-order valence-electron chi connectivity index (χ4n) is 2.91. The molecule has 5 nitrogen and oxygen atoms in total. The van der Waals surface area contributed by atoms with Gasteiger partial charge < -0.3 is 15.0 Å². The van der Waals surface area contributed by atoms with Gasteiger partial charge in [0.15, 0.2) is 6.61 Å². The summed E-state index contributed by atoms with van der Waals surface area (Å²) in [5, 5.41) is 2.88. The maximum absolute atomic E-state index is 12.2. The standard InChI is InChI=1S/C20H22N2O3/c1-14-7-9-17(10-8-14)22-12-16(11-20(22)24)21-19(23)13-25-18-6-4-3-5-15(18)2/h3-10,16H,11-13H2,1-2H3,(H,21,23)/t16-/m0/s1. The van der Waals surface area contributed by atoms with Crippen molar-refractivity contribution in [2.45, 2.75) is 26.3 Å². The Balaban J connectivity index is 1.53. The average molecular weight is 338 g/mol. The molecule has 1 N–H and O–H groups in total. The molecule has 1 fully saturated rings. The van der Waals surface area contributed by atoms with Crippen LogP contribution in [0.5, 0.6) is 5.75 Å². The molecule has 0 aliphatic carbocycles. The van der Waals surface area contributed by atoms with E-state index in [1.165, 1.54) is 0 Å². The number of ether oxygens (including phenoxy) is 1. The first-order valence-electron chi connectivity index (χ1n) is 8.38. The average Bonchev–Trinajstić information content (AvgIpc) is 2.95. The van der Waals surface area contributed by atoms with Crippen LogP contribution in [0.1, 0.15) is 17.5 Å². The normalized spacial score (nSPS) is 16.8. The number of benzene rings is 2. The van der Waals surface area contributed by atoms with Gasteiger partial charge >= 0.3 is 0 Å². The van der Waals surface area contributed by atoms with Crippen LogP contribution in [0.25, 0.3) is 0 Å². The van der Waals surface area contributed by atoms with Crippen molar-refractivity contribution >= 4 is 17.5 Å². The number of carbonyl (C=O) groups is 2. The van der Waals surface area contributed by atoms with E-state index in [4.69, 9.17) is 4.74 Å². The Labute approximate surface area is 147 Å². The van der Waals surface area contributed by atoms with Crippen molar-refractivity contribution in [2.75, 3.05) is 18.1 Å². The number of amides is 2. The Bertz CT molecular complexity index is 771. The summed E-state index contributed by atoms with van der Waals surface area (Å²) in [6.45, 7) is 4.37. The first kappa shape index (κ1) is 17.0. The van der Waals surface area contributed by atoms with E-state index in [1.807, 2.05) is 62.4 Å². The number of anilines is 1. The number of rotatable bonds is 5. The summed E-state index contributed by atoms with van der Waals surface area (Å²) >= 11 is 0. The van der Waals surface area contributed by atoms with Crippen molar-refractivity contribution in [1.82, 2.24) is 5.32 Å². The molecule has 2 amide bonds. The molecule has 2 aromatic carbocycles. The third-order valence-electron chi connectivity index (χ3n) is 4.29. The number of nitrogens with zero attached hydrogens (tertiary/aromatic N) is 1. The molecule has 0 aromatic heterocycles. The Morgan fingerprint density at radius 2 is 1.88 bits per heavy atom. The minimum atomic E-state index is -0.216. The molecule has 0 spiro atoms. The summed E-state index contributed by atoms with van der Waals surface area (Å²) in [5.41, 5.74) is 2.99. The summed E-state index contributed by atoms with van der Waals surface area (Å²) in [6, 6.07) is 15.2. The topological polar surface area (TPSA) is 58.6 Å². The fourth-order valence-corrected chi connectivity index (χ4v) is 2.91. The second kappa shape index (κ2) is 7.38. The third kappa shape index (κ3) is 4.18. The number of nitrogens with one attached hydrogen (secondary N) is 1. The van der Waals surface area contributed by atoms with E-state index in [-0.39, 0.29) is 24.5 Å². The van der Waals surface area contributed by atoms with E-state index >= 15 is 0 Å². The lowest BCUT2D eigenvalue weighted by Gasteiger charge is -2.17. The van der Waals surface area contributed by atoms with E-state index < -0.39 is 0 Å². The van der Waals surface area contributed by atoms with Crippen LogP contribution >= 0.6 is 0 Å². The van der Waals surface area contributed by atoms with Crippen molar-refractivity contribution in [3.05, 3.63) is 59.7 Å². The fraction of sp³-hybridized carbons (Fsp3) is 0.300. The van der Waals surface area contributed by atoms with Gasteiger partial charge in [-0.25, -0.2) is 0 Å². The van der Waals surface area contributed by atoms with Crippen LogP contribution in [0, 0.1) is 13.8 Å². The van der Waals surface area contributed by atoms with Gasteiger partial charge in [-0.1, -0.05) is 35.9 Å². The molecule has 1 saturated heterocycles. The molecular formula is C20H22N2O3. The number of aryl methyl sites for hydroxylation is 2. The highest BCUT2D eigenvalue weighted by molar-refractivity contribution is 5.96. The lowest BCUT2D eigenvalue weighted by Crippen LogP contribution is -2.39. The Hall–Kier alpha value is -2.82. The maximum atomic E-state index is 12.2. The number of carbonyl (C=O) groups excluding carboxylic acids is 2. The van der Waals surface area contributed by atoms with E-state index in [1.54, 1.807) is 4.90 Å². The molecule has 1 aliphatic rings. The van der Waals surface area contributed by atoms with Gasteiger partial charge in [0.2, 0.25) is 5.91 Å². The van der Waals surface area contributed by atoms with Gasteiger partial charge in [0, 0.05) is 18.7 Å². The van der Waals surface area contributed by atoms with Crippen LogP contribution < -0.4 is 15.0 Å². The molecule has 5 heteroatoms. The van der Waals surface area contributed by atoms with E-state index in [9.17, 15) is 9.59 Å². The smallest absolute Gasteiger partial charge is 0.258 e. The summed E-state index contributed by atoms with van der Waals surface area (Å²) in [5.74, 6) is 0.502. The Morgan fingerprint density at radius 3 is 2.60 bits per heavy atom. The number of hydrogen-bond acceptors (Lipinski definition) is 3. The lowest BCUT2D eigenvalue weighted by molar-refractivity contribution is -0.123. The molecule has 0 radical (unpaired) electrons. The van der Waals surface area contributed by atoms with E-state index in [2.05, 4.69) is 5.32 Å². The first-order chi connectivity index (χ1) is 12.0. The molecule has 130 valence electrons. The molecular weight excluding hydrogens is 316 g/mol. The first-order valence-corrected chi connectivity index (χ1v) is 8.38. The van der Waals surface area contributed by atoms with Gasteiger partial charge in [-0.15, -0.1) is 0 Å². The minimum Gasteiger partial charge on any atom is -0.484 e. The van der Waals surface area contributed by atoms with Crippen LogP contribution in [-0.4, -0.2) is 31.0 Å². The Kier molecular flexibility index (Phi) is 5.03. The largest absolute Gasteiger partial charge is 0.484 e. The van der Waals surface area contributed by atoms with Gasteiger partial charge in [-0.05, 0) is 37.6 Å². The van der Waals surface area contributed by atoms with Crippen LogP contribution in [0.15, 0.2) is 48.5 Å². The lowest BCUT2D eigenvalue weighted by atomic mass is 10.2. The van der Waals surface area contributed by atoms with Gasteiger partial charge in [-0.3, -0.25) is 9.59 Å². The molecule has 0 bridgehead atoms. The Morgan fingerprint density at radius 1 is 1.16 bits per heavy atom. The zero-order chi connectivity index (χ0) is 17.8.